The Kier molecular flexibility index (Phi) is 2.68. The fourth-order valence-electron chi connectivity index (χ4n) is 2.80. The maximum atomic E-state index is 11.3. The number of carbonyl (C=O) groups excluding carboxylic acids is 1. The Balaban J connectivity index is 2.27. The number of carbonyl (C=O) groups is 1. The van der Waals surface area contributed by atoms with Crippen molar-refractivity contribution in [1.82, 2.24) is 0 Å². The summed E-state index contributed by atoms with van der Waals surface area (Å²) in [4.78, 5) is 11.3. The molecule has 2 aliphatic rings. The SMILES string of the molecule is C=C(C)[C@@H]1CCC=CC[C@@]12CCC(=O)O2. The van der Waals surface area contributed by atoms with Crippen LogP contribution in [0.25, 0.3) is 0 Å². The highest BCUT2D eigenvalue weighted by Crippen LogP contribution is 2.43. The Hall–Kier alpha value is -1.05. The van der Waals surface area contributed by atoms with Crippen LogP contribution in [0.3, 0.4) is 0 Å². The molecule has 2 nitrogen and oxygen atoms in total. The number of hydrogen-bond acceptors (Lipinski definition) is 2. The normalized spacial score (nSPS) is 35.3. The van der Waals surface area contributed by atoms with Crippen LogP contribution in [0.4, 0.5) is 0 Å². The number of allylic oxidation sites excluding steroid dienone is 1. The summed E-state index contributed by atoms with van der Waals surface area (Å²) >= 11 is 0. The number of ether oxygens (including phenoxy) is 1. The number of hydrogen-bond donors (Lipinski definition) is 0. The van der Waals surface area contributed by atoms with Gasteiger partial charge in [0.25, 0.3) is 0 Å². The van der Waals surface area contributed by atoms with Gasteiger partial charge in [0.1, 0.15) is 5.60 Å². The van der Waals surface area contributed by atoms with Crippen molar-refractivity contribution < 1.29 is 9.53 Å². The van der Waals surface area contributed by atoms with Crippen LogP contribution in [0.2, 0.25) is 0 Å². The van der Waals surface area contributed by atoms with Crippen molar-refractivity contribution in [1.29, 1.82) is 0 Å². The Bertz CT molecular complexity index is 316. The molecule has 1 fully saturated rings. The first-order chi connectivity index (χ1) is 7.14. The van der Waals surface area contributed by atoms with Crippen LogP contribution < -0.4 is 0 Å². The van der Waals surface area contributed by atoms with Crippen molar-refractivity contribution in [3.05, 3.63) is 24.3 Å². The van der Waals surface area contributed by atoms with Gasteiger partial charge in [-0.05, 0) is 26.2 Å². The molecule has 1 aliphatic heterocycles. The van der Waals surface area contributed by atoms with Crippen molar-refractivity contribution in [2.45, 2.75) is 44.6 Å². The molecule has 0 radical (unpaired) electrons. The van der Waals surface area contributed by atoms with Crippen LogP contribution in [0.15, 0.2) is 24.3 Å². The van der Waals surface area contributed by atoms with E-state index in [9.17, 15) is 4.79 Å². The fraction of sp³-hybridized carbons (Fsp3) is 0.615. The third-order valence-electron chi connectivity index (χ3n) is 3.55. The molecular weight excluding hydrogens is 188 g/mol. The van der Waals surface area contributed by atoms with E-state index in [1.165, 1.54) is 0 Å². The smallest absolute Gasteiger partial charge is 0.306 e. The Morgan fingerprint density at radius 2 is 2.40 bits per heavy atom. The van der Waals surface area contributed by atoms with Crippen molar-refractivity contribution >= 4 is 5.97 Å². The van der Waals surface area contributed by atoms with Gasteiger partial charge in [0, 0.05) is 18.8 Å². The average Bonchev–Trinajstić information content (AvgIpc) is 2.44. The molecule has 0 bridgehead atoms. The van der Waals surface area contributed by atoms with Crippen LogP contribution >= 0.6 is 0 Å². The Morgan fingerprint density at radius 3 is 3.00 bits per heavy atom. The highest BCUT2D eigenvalue weighted by atomic mass is 16.6. The molecule has 0 unspecified atom stereocenters. The number of rotatable bonds is 1. The van der Waals surface area contributed by atoms with E-state index >= 15 is 0 Å². The van der Waals surface area contributed by atoms with Crippen LogP contribution in [-0.4, -0.2) is 11.6 Å². The van der Waals surface area contributed by atoms with Gasteiger partial charge in [0.2, 0.25) is 0 Å². The highest BCUT2D eigenvalue weighted by Gasteiger charge is 2.46. The monoisotopic (exact) mass is 206 g/mol. The second-order valence-corrected chi connectivity index (χ2v) is 4.69. The lowest BCUT2D eigenvalue weighted by molar-refractivity contribution is -0.151. The first-order valence-corrected chi connectivity index (χ1v) is 5.66. The lowest BCUT2D eigenvalue weighted by Crippen LogP contribution is -2.37. The van der Waals surface area contributed by atoms with E-state index in [1.54, 1.807) is 0 Å². The molecular formula is C13H18O2. The van der Waals surface area contributed by atoms with Crippen molar-refractivity contribution in [2.75, 3.05) is 0 Å². The molecule has 0 N–H and O–H groups in total. The van der Waals surface area contributed by atoms with Gasteiger partial charge in [-0.3, -0.25) is 4.79 Å². The van der Waals surface area contributed by atoms with E-state index in [0.717, 1.165) is 31.3 Å². The number of esters is 1. The molecule has 82 valence electrons. The van der Waals surface area contributed by atoms with Gasteiger partial charge in [-0.1, -0.05) is 24.3 Å². The summed E-state index contributed by atoms with van der Waals surface area (Å²) in [6, 6.07) is 0. The Labute approximate surface area is 91.0 Å². The summed E-state index contributed by atoms with van der Waals surface area (Å²) < 4.78 is 5.59. The third-order valence-corrected chi connectivity index (χ3v) is 3.55. The zero-order chi connectivity index (χ0) is 10.9. The molecule has 0 aromatic carbocycles. The minimum atomic E-state index is -0.268. The Morgan fingerprint density at radius 1 is 1.60 bits per heavy atom. The first-order valence-electron chi connectivity index (χ1n) is 5.66. The van der Waals surface area contributed by atoms with Crippen LogP contribution in [0, 0.1) is 5.92 Å². The van der Waals surface area contributed by atoms with Crippen molar-refractivity contribution in [3.63, 3.8) is 0 Å². The lowest BCUT2D eigenvalue weighted by Gasteiger charge is -2.34. The molecule has 2 rings (SSSR count). The summed E-state index contributed by atoms with van der Waals surface area (Å²) in [6.45, 7) is 6.09. The minimum absolute atomic E-state index is 0.0449. The van der Waals surface area contributed by atoms with E-state index in [4.69, 9.17) is 4.74 Å². The van der Waals surface area contributed by atoms with Gasteiger partial charge in [-0.15, -0.1) is 0 Å². The largest absolute Gasteiger partial charge is 0.458 e. The molecule has 1 saturated heterocycles. The standard InChI is InChI=1S/C13H18O2/c1-10(2)11-6-4-3-5-8-13(11)9-7-12(14)15-13/h3,5,11H,1,4,6-9H2,2H3/t11-,13+/m0/s1. The third kappa shape index (κ3) is 1.85. The highest BCUT2D eigenvalue weighted by molar-refractivity contribution is 5.72. The maximum absolute atomic E-state index is 11.3. The van der Waals surface area contributed by atoms with E-state index < -0.39 is 0 Å². The predicted octanol–water partition coefficient (Wildman–Crippen LogP) is 2.99. The van der Waals surface area contributed by atoms with Gasteiger partial charge in [-0.25, -0.2) is 0 Å². The molecule has 0 aromatic heterocycles. The molecule has 2 atom stereocenters. The summed E-state index contributed by atoms with van der Waals surface area (Å²) in [5, 5.41) is 0. The van der Waals surface area contributed by atoms with E-state index in [1.807, 2.05) is 6.92 Å². The van der Waals surface area contributed by atoms with E-state index in [0.29, 0.717) is 12.3 Å². The molecule has 15 heavy (non-hydrogen) atoms. The van der Waals surface area contributed by atoms with Crippen LogP contribution in [0.1, 0.15) is 39.0 Å². The van der Waals surface area contributed by atoms with Gasteiger partial charge in [-0.2, -0.15) is 0 Å². The molecule has 0 aromatic rings. The van der Waals surface area contributed by atoms with E-state index in [2.05, 4.69) is 18.7 Å². The second-order valence-electron chi connectivity index (χ2n) is 4.69. The molecule has 1 heterocycles. The van der Waals surface area contributed by atoms with Gasteiger partial charge in [0.05, 0.1) is 0 Å². The topological polar surface area (TPSA) is 26.3 Å². The average molecular weight is 206 g/mol. The van der Waals surface area contributed by atoms with Crippen molar-refractivity contribution in [2.24, 2.45) is 5.92 Å². The fourth-order valence-corrected chi connectivity index (χ4v) is 2.80. The molecule has 1 aliphatic carbocycles. The lowest BCUT2D eigenvalue weighted by atomic mass is 9.77. The van der Waals surface area contributed by atoms with Crippen LogP contribution in [0.5, 0.6) is 0 Å². The predicted molar refractivity (Wildman–Crippen MR) is 59.4 cm³/mol. The minimum Gasteiger partial charge on any atom is -0.458 e. The van der Waals surface area contributed by atoms with Crippen molar-refractivity contribution in [3.8, 4) is 0 Å². The van der Waals surface area contributed by atoms with Gasteiger partial charge >= 0.3 is 5.97 Å². The summed E-state index contributed by atoms with van der Waals surface area (Å²) in [6.07, 6.45) is 8.75. The van der Waals surface area contributed by atoms with Gasteiger partial charge < -0.3 is 4.74 Å². The molecule has 0 saturated carbocycles. The summed E-state index contributed by atoms with van der Waals surface area (Å²) in [5.41, 5.74) is 0.879. The van der Waals surface area contributed by atoms with Gasteiger partial charge in [0.15, 0.2) is 0 Å². The molecule has 0 amide bonds. The van der Waals surface area contributed by atoms with Crippen LogP contribution in [-0.2, 0) is 9.53 Å². The second kappa shape index (κ2) is 3.84. The maximum Gasteiger partial charge on any atom is 0.306 e. The summed E-state index contributed by atoms with van der Waals surface area (Å²) in [7, 11) is 0. The summed E-state index contributed by atoms with van der Waals surface area (Å²) in [5.74, 6) is 0.288. The first kappa shape index (κ1) is 10.5. The molecule has 2 heteroatoms. The molecule has 1 spiro atoms. The quantitative estimate of drug-likeness (QED) is 0.487. The zero-order valence-electron chi connectivity index (χ0n) is 9.29. The van der Waals surface area contributed by atoms with E-state index in [-0.39, 0.29) is 11.6 Å². The zero-order valence-corrected chi connectivity index (χ0v) is 9.29.